The Morgan fingerprint density at radius 2 is 1.42 bits per heavy atom. The van der Waals surface area contributed by atoms with Crippen molar-refractivity contribution in [2.45, 2.75) is 0 Å². The summed E-state index contributed by atoms with van der Waals surface area (Å²) in [6, 6.07) is 13.6. The summed E-state index contributed by atoms with van der Waals surface area (Å²) >= 11 is 3.53. The van der Waals surface area contributed by atoms with Gasteiger partial charge in [0.2, 0.25) is 0 Å². The molecule has 0 aliphatic rings. The maximum atomic E-state index is 4.44. The predicted octanol–water partition coefficient (Wildman–Crippen LogP) is 3.97. The van der Waals surface area contributed by atoms with Crippen molar-refractivity contribution in [3.63, 3.8) is 0 Å². The Labute approximate surface area is 119 Å². The highest BCUT2D eigenvalue weighted by molar-refractivity contribution is 9.10. The van der Waals surface area contributed by atoms with Gasteiger partial charge in [0, 0.05) is 28.6 Å². The number of rotatable bonds is 2. The molecule has 0 amide bonds. The second-order valence-corrected chi connectivity index (χ2v) is 4.80. The van der Waals surface area contributed by atoms with Gasteiger partial charge in [-0.3, -0.25) is 15.0 Å². The van der Waals surface area contributed by atoms with Crippen molar-refractivity contribution in [1.29, 1.82) is 0 Å². The molecule has 0 saturated carbocycles. The third-order valence-corrected chi connectivity index (χ3v) is 3.37. The Balaban J connectivity index is 2.21. The van der Waals surface area contributed by atoms with Gasteiger partial charge in [0.15, 0.2) is 0 Å². The van der Waals surface area contributed by atoms with Gasteiger partial charge in [0.1, 0.15) is 0 Å². The first-order chi connectivity index (χ1) is 9.36. The van der Waals surface area contributed by atoms with Crippen LogP contribution in [-0.2, 0) is 0 Å². The molecule has 0 fully saturated rings. The fourth-order valence-corrected chi connectivity index (χ4v) is 2.36. The predicted molar refractivity (Wildman–Crippen MR) is 78.4 cm³/mol. The Hall–Kier alpha value is -2.07. The first-order valence-corrected chi connectivity index (χ1v) is 6.63. The van der Waals surface area contributed by atoms with Gasteiger partial charge in [-0.2, -0.15) is 0 Å². The number of nitrogens with zero attached hydrogens (tertiary/aromatic N) is 3. The van der Waals surface area contributed by atoms with Gasteiger partial charge in [-0.25, -0.2) is 0 Å². The Morgan fingerprint density at radius 1 is 0.684 bits per heavy atom. The lowest BCUT2D eigenvalue weighted by molar-refractivity contribution is 1.23. The molecule has 3 aromatic rings. The van der Waals surface area contributed by atoms with Gasteiger partial charge >= 0.3 is 0 Å². The standard InChI is InChI=1S/C15H10BrN3/c16-12-6-4-10-18-14(12)11-5-3-9-19-15(11)13-7-1-2-8-17-13/h1-10H. The Kier molecular flexibility index (Phi) is 3.33. The smallest absolute Gasteiger partial charge is 0.0980 e. The molecule has 0 radical (unpaired) electrons. The number of hydrogen-bond donors (Lipinski definition) is 0. The van der Waals surface area contributed by atoms with E-state index < -0.39 is 0 Å². The van der Waals surface area contributed by atoms with E-state index in [0.29, 0.717) is 0 Å². The molecular formula is C15H10BrN3. The van der Waals surface area contributed by atoms with Crippen LogP contribution in [0.15, 0.2) is 65.5 Å². The summed E-state index contributed by atoms with van der Waals surface area (Å²) < 4.78 is 0.945. The highest BCUT2D eigenvalue weighted by Gasteiger charge is 2.12. The molecule has 3 aromatic heterocycles. The molecule has 0 spiro atoms. The Bertz CT molecular complexity index is 699. The lowest BCUT2D eigenvalue weighted by atomic mass is 10.1. The third-order valence-electron chi connectivity index (χ3n) is 2.73. The molecule has 3 heterocycles. The zero-order valence-electron chi connectivity index (χ0n) is 9.99. The second kappa shape index (κ2) is 5.28. The molecule has 0 aliphatic heterocycles. The van der Waals surface area contributed by atoms with E-state index in [-0.39, 0.29) is 0 Å². The molecule has 3 nitrogen and oxygen atoms in total. The molecule has 19 heavy (non-hydrogen) atoms. The van der Waals surface area contributed by atoms with Crippen LogP contribution in [0.25, 0.3) is 22.6 Å². The fraction of sp³-hybridized carbons (Fsp3) is 0. The zero-order valence-corrected chi connectivity index (χ0v) is 11.6. The molecule has 0 saturated heterocycles. The minimum Gasteiger partial charge on any atom is -0.255 e. The summed E-state index contributed by atoms with van der Waals surface area (Å²) in [6.07, 6.45) is 5.31. The summed E-state index contributed by atoms with van der Waals surface area (Å²) in [5, 5.41) is 0. The lowest BCUT2D eigenvalue weighted by Crippen LogP contribution is -1.93. The van der Waals surface area contributed by atoms with E-state index in [1.165, 1.54) is 0 Å². The monoisotopic (exact) mass is 311 g/mol. The van der Waals surface area contributed by atoms with Crippen molar-refractivity contribution in [1.82, 2.24) is 15.0 Å². The average molecular weight is 312 g/mol. The highest BCUT2D eigenvalue weighted by Crippen LogP contribution is 2.31. The molecule has 4 heteroatoms. The lowest BCUT2D eigenvalue weighted by Gasteiger charge is -2.08. The molecule has 0 N–H and O–H groups in total. The van der Waals surface area contributed by atoms with Gasteiger partial charge in [0.25, 0.3) is 0 Å². The van der Waals surface area contributed by atoms with Crippen LogP contribution in [0.3, 0.4) is 0 Å². The quantitative estimate of drug-likeness (QED) is 0.719. The number of aromatic nitrogens is 3. The maximum Gasteiger partial charge on any atom is 0.0980 e. The second-order valence-electron chi connectivity index (χ2n) is 3.95. The van der Waals surface area contributed by atoms with Crippen LogP contribution in [0.4, 0.5) is 0 Å². The molecular weight excluding hydrogens is 302 g/mol. The van der Waals surface area contributed by atoms with Crippen LogP contribution < -0.4 is 0 Å². The van der Waals surface area contributed by atoms with Crippen molar-refractivity contribution in [3.8, 4) is 22.6 Å². The summed E-state index contributed by atoms with van der Waals surface area (Å²) in [5.41, 5.74) is 3.52. The minimum absolute atomic E-state index is 0.836. The number of halogens is 1. The third kappa shape index (κ3) is 2.39. The van der Waals surface area contributed by atoms with Gasteiger partial charge in [-0.15, -0.1) is 0 Å². The van der Waals surface area contributed by atoms with Crippen molar-refractivity contribution in [2.75, 3.05) is 0 Å². The van der Waals surface area contributed by atoms with Gasteiger partial charge < -0.3 is 0 Å². The summed E-state index contributed by atoms with van der Waals surface area (Å²) in [4.78, 5) is 13.2. The molecule has 3 rings (SSSR count). The highest BCUT2D eigenvalue weighted by atomic mass is 79.9. The fourth-order valence-electron chi connectivity index (χ4n) is 1.89. The van der Waals surface area contributed by atoms with Gasteiger partial charge in [-0.1, -0.05) is 6.07 Å². The summed E-state index contributed by atoms with van der Waals surface area (Å²) in [5.74, 6) is 0. The SMILES string of the molecule is Brc1cccnc1-c1cccnc1-c1ccccn1. The minimum atomic E-state index is 0.836. The van der Waals surface area contributed by atoms with E-state index in [0.717, 1.165) is 27.1 Å². The van der Waals surface area contributed by atoms with E-state index in [4.69, 9.17) is 0 Å². The first kappa shape index (κ1) is 12.0. The average Bonchev–Trinajstić information content (AvgIpc) is 2.49. The van der Waals surface area contributed by atoms with Gasteiger partial charge in [-0.05, 0) is 52.3 Å². The zero-order chi connectivity index (χ0) is 13.1. The van der Waals surface area contributed by atoms with Crippen molar-refractivity contribution in [2.24, 2.45) is 0 Å². The van der Waals surface area contributed by atoms with E-state index in [9.17, 15) is 0 Å². The number of pyridine rings is 3. The Morgan fingerprint density at radius 3 is 2.16 bits per heavy atom. The molecule has 0 aromatic carbocycles. The van der Waals surface area contributed by atoms with Gasteiger partial charge in [0.05, 0.1) is 17.1 Å². The van der Waals surface area contributed by atoms with Crippen LogP contribution >= 0.6 is 15.9 Å². The molecule has 0 atom stereocenters. The normalized spacial score (nSPS) is 10.4. The molecule has 0 aliphatic carbocycles. The largest absolute Gasteiger partial charge is 0.255 e. The van der Waals surface area contributed by atoms with Crippen LogP contribution in [0.2, 0.25) is 0 Å². The van der Waals surface area contributed by atoms with Crippen molar-refractivity contribution >= 4 is 15.9 Å². The molecule has 0 bridgehead atoms. The van der Waals surface area contributed by atoms with Crippen LogP contribution in [-0.4, -0.2) is 15.0 Å². The van der Waals surface area contributed by atoms with Crippen LogP contribution in [0.5, 0.6) is 0 Å². The summed E-state index contributed by atoms with van der Waals surface area (Å²) in [7, 11) is 0. The first-order valence-electron chi connectivity index (χ1n) is 5.83. The summed E-state index contributed by atoms with van der Waals surface area (Å²) in [6.45, 7) is 0. The van der Waals surface area contributed by atoms with Crippen molar-refractivity contribution in [3.05, 3.63) is 65.5 Å². The van der Waals surface area contributed by atoms with E-state index in [2.05, 4.69) is 30.9 Å². The maximum absolute atomic E-state index is 4.44. The molecule has 0 unspecified atom stereocenters. The van der Waals surface area contributed by atoms with E-state index in [1.807, 2.05) is 42.5 Å². The topological polar surface area (TPSA) is 38.7 Å². The van der Waals surface area contributed by atoms with Crippen LogP contribution in [0, 0.1) is 0 Å². The van der Waals surface area contributed by atoms with E-state index in [1.54, 1.807) is 18.6 Å². The van der Waals surface area contributed by atoms with Crippen LogP contribution in [0.1, 0.15) is 0 Å². The van der Waals surface area contributed by atoms with E-state index >= 15 is 0 Å². The molecule has 92 valence electrons. The number of hydrogen-bond acceptors (Lipinski definition) is 3. The van der Waals surface area contributed by atoms with Crippen molar-refractivity contribution < 1.29 is 0 Å².